The summed E-state index contributed by atoms with van der Waals surface area (Å²) in [6, 6.07) is 17.6. The second kappa shape index (κ2) is 7.68. The van der Waals surface area contributed by atoms with Crippen molar-refractivity contribution in [1.82, 2.24) is 15.2 Å². The summed E-state index contributed by atoms with van der Waals surface area (Å²) in [6.07, 6.45) is 6.72. The maximum atomic E-state index is 12.6. The van der Waals surface area contributed by atoms with E-state index in [2.05, 4.69) is 69.9 Å². The molecule has 1 amide bonds. The SMILES string of the molecule is Cn1ccc2cc(CNC(=O)[C@@H]3C[C@@H](Cc4ccc(C5CC5)cc4)CN3)ccc21. The Morgan fingerprint density at radius 1 is 1.10 bits per heavy atom. The Kier molecular flexibility index (Phi) is 4.88. The van der Waals surface area contributed by atoms with Crippen LogP contribution in [0.2, 0.25) is 0 Å². The van der Waals surface area contributed by atoms with Gasteiger partial charge in [-0.2, -0.15) is 0 Å². The number of nitrogens with one attached hydrogen (secondary N) is 2. The predicted octanol–water partition coefficient (Wildman–Crippen LogP) is 3.89. The molecule has 0 radical (unpaired) electrons. The summed E-state index contributed by atoms with van der Waals surface area (Å²) in [5.74, 6) is 1.45. The van der Waals surface area contributed by atoms with Gasteiger partial charge in [0.2, 0.25) is 5.91 Å². The van der Waals surface area contributed by atoms with E-state index in [1.807, 2.05) is 7.05 Å². The molecule has 1 aliphatic heterocycles. The molecule has 1 saturated heterocycles. The standard InChI is InChI=1S/C25H29N3O/c1-28-11-10-22-13-18(4-9-24(22)28)15-27-25(29)23-14-19(16-26-23)12-17-2-5-20(6-3-17)21-7-8-21/h2-6,9-11,13,19,21,23,26H,7-8,12,14-16H2,1H3,(H,27,29)/t19-,23+/m1/s1. The lowest BCUT2D eigenvalue weighted by Crippen LogP contribution is -2.39. The van der Waals surface area contributed by atoms with E-state index in [1.165, 1.54) is 34.9 Å². The fourth-order valence-electron chi connectivity index (χ4n) is 4.59. The van der Waals surface area contributed by atoms with Gasteiger partial charge in [0.1, 0.15) is 0 Å². The minimum Gasteiger partial charge on any atom is -0.351 e. The van der Waals surface area contributed by atoms with Crippen LogP contribution < -0.4 is 10.6 Å². The van der Waals surface area contributed by atoms with E-state index in [4.69, 9.17) is 0 Å². The molecule has 4 heteroatoms. The minimum atomic E-state index is -0.0776. The highest BCUT2D eigenvalue weighted by Crippen LogP contribution is 2.40. The van der Waals surface area contributed by atoms with Crippen molar-refractivity contribution < 1.29 is 4.79 Å². The zero-order chi connectivity index (χ0) is 19.8. The molecule has 0 unspecified atom stereocenters. The van der Waals surface area contributed by atoms with E-state index in [1.54, 1.807) is 0 Å². The number of aryl methyl sites for hydroxylation is 1. The van der Waals surface area contributed by atoms with Gasteiger partial charge in [-0.05, 0) is 84.3 Å². The van der Waals surface area contributed by atoms with Crippen molar-refractivity contribution in [3.63, 3.8) is 0 Å². The maximum Gasteiger partial charge on any atom is 0.237 e. The Balaban J connectivity index is 1.12. The van der Waals surface area contributed by atoms with Crippen LogP contribution in [0.5, 0.6) is 0 Å². The van der Waals surface area contributed by atoms with Gasteiger partial charge in [-0.1, -0.05) is 30.3 Å². The Morgan fingerprint density at radius 3 is 2.69 bits per heavy atom. The van der Waals surface area contributed by atoms with Gasteiger partial charge in [-0.25, -0.2) is 0 Å². The summed E-state index contributed by atoms with van der Waals surface area (Å²) < 4.78 is 2.11. The molecule has 2 fully saturated rings. The summed E-state index contributed by atoms with van der Waals surface area (Å²) in [5.41, 5.74) is 5.23. The maximum absolute atomic E-state index is 12.6. The smallest absolute Gasteiger partial charge is 0.237 e. The van der Waals surface area contributed by atoms with Crippen molar-refractivity contribution in [2.45, 2.75) is 44.2 Å². The van der Waals surface area contributed by atoms with Crippen LogP contribution in [-0.4, -0.2) is 23.1 Å². The quantitative estimate of drug-likeness (QED) is 0.674. The number of nitrogens with zero attached hydrogens (tertiary/aromatic N) is 1. The Morgan fingerprint density at radius 2 is 1.90 bits per heavy atom. The van der Waals surface area contributed by atoms with Gasteiger partial charge in [-0.15, -0.1) is 0 Å². The van der Waals surface area contributed by atoms with Gasteiger partial charge in [0.15, 0.2) is 0 Å². The minimum absolute atomic E-state index is 0.0776. The number of carbonyl (C=O) groups is 1. The van der Waals surface area contributed by atoms with Crippen LogP contribution in [0.4, 0.5) is 0 Å². The first-order valence-corrected chi connectivity index (χ1v) is 10.8. The fraction of sp³-hybridized carbons (Fsp3) is 0.400. The molecule has 150 valence electrons. The van der Waals surface area contributed by atoms with Crippen molar-refractivity contribution in [3.05, 3.63) is 71.4 Å². The average Bonchev–Trinajstić information content (AvgIpc) is 3.38. The molecule has 2 aromatic carbocycles. The number of hydrogen-bond acceptors (Lipinski definition) is 2. The molecular weight excluding hydrogens is 358 g/mol. The van der Waals surface area contributed by atoms with Crippen LogP contribution in [0.1, 0.15) is 41.9 Å². The van der Waals surface area contributed by atoms with Crippen molar-refractivity contribution in [2.75, 3.05) is 6.54 Å². The normalized spacial score (nSPS) is 21.6. The van der Waals surface area contributed by atoms with Crippen molar-refractivity contribution in [3.8, 4) is 0 Å². The lowest BCUT2D eigenvalue weighted by molar-refractivity contribution is -0.123. The number of benzene rings is 2. The van der Waals surface area contributed by atoms with E-state index in [9.17, 15) is 4.79 Å². The second-order valence-corrected chi connectivity index (χ2v) is 8.82. The van der Waals surface area contributed by atoms with E-state index < -0.39 is 0 Å². The molecule has 5 rings (SSSR count). The van der Waals surface area contributed by atoms with Crippen LogP contribution >= 0.6 is 0 Å². The third-order valence-electron chi connectivity index (χ3n) is 6.51. The monoisotopic (exact) mass is 387 g/mol. The van der Waals surface area contributed by atoms with E-state index in [0.29, 0.717) is 12.5 Å². The zero-order valence-corrected chi connectivity index (χ0v) is 17.0. The van der Waals surface area contributed by atoms with Gasteiger partial charge in [0.25, 0.3) is 0 Å². The van der Waals surface area contributed by atoms with E-state index in [0.717, 1.165) is 30.9 Å². The van der Waals surface area contributed by atoms with Crippen LogP contribution in [0.25, 0.3) is 10.9 Å². The largest absolute Gasteiger partial charge is 0.351 e. The van der Waals surface area contributed by atoms with Crippen LogP contribution in [-0.2, 0) is 24.8 Å². The molecule has 3 aromatic rings. The molecule has 0 bridgehead atoms. The lowest BCUT2D eigenvalue weighted by Gasteiger charge is -2.12. The highest BCUT2D eigenvalue weighted by atomic mass is 16.2. The molecule has 2 aliphatic rings. The van der Waals surface area contributed by atoms with E-state index in [-0.39, 0.29) is 11.9 Å². The highest BCUT2D eigenvalue weighted by molar-refractivity contribution is 5.83. The Hall–Kier alpha value is -2.59. The van der Waals surface area contributed by atoms with Gasteiger partial charge in [-0.3, -0.25) is 4.79 Å². The van der Waals surface area contributed by atoms with Crippen LogP contribution in [0, 0.1) is 5.92 Å². The Labute approximate surface area is 172 Å². The van der Waals surface area contributed by atoms with Gasteiger partial charge in [0, 0.05) is 25.3 Å². The molecular formula is C25H29N3O. The third kappa shape index (κ3) is 4.08. The third-order valence-corrected chi connectivity index (χ3v) is 6.51. The first-order chi connectivity index (χ1) is 14.2. The number of fused-ring (bicyclic) bond motifs is 1. The fourth-order valence-corrected chi connectivity index (χ4v) is 4.59. The molecule has 1 aliphatic carbocycles. The van der Waals surface area contributed by atoms with Crippen molar-refractivity contribution in [2.24, 2.45) is 13.0 Å². The number of carbonyl (C=O) groups excluding carboxylic acids is 1. The van der Waals surface area contributed by atoms with Crippen molar-refractivity contribution in [1.29, 1.82) is 0 Å². The lowest BCUT2D eigenvalue weighted by atomic mass is 9.95. The van der Waals surface area contributed by atoms with Gasteiger partial charge >= 0.3 is 0 Å². The number of aromatic nitrogens is 1. The number of rotatable bonds is 6. The molecule has 2 heterocycles. The highest BCUT2D eigenvalue weighted by Gasteiger charge is 2.29. The molecule has 4 nitrogen and oxygen atoms in total. The topological polar surface area (TPSA) is 46.1 Å². The molecule has 2 N–H and O–H groups in total. The number of hydrogen-bond donors (Lipinski definition) is 2. The average molecular weight is 388 g/mol. The van der Waals surface area contributed by atoms with Gasteiger partial charge < -0.3 is 15.2 Å². The summed E-state index contributed by atoms with van der Waals surface area (Å²) >= 11 is 0. The zero-order valence-electron chi connectivity index (χ0n) is 17.0. The van der Waals surface area contributed by atoms with E-state index >= 15 is 0 Å². The molecule has 29 heavy (non-hydrogen) atoms. The van der Waals surface area contributed by atoms with Crippen molar-refractivity contribution >= 4 is 16.8 Å². The second-order valence-electron chi connectivity index (χ2n) is 8.82. The first kappa shape index (κ1) is 18.4. The Bertz CT molecular complexity index is 1020. The predicted molar refractivity (Wildman–Crippen MR) is 117 cm³/mol. The summed E-state index contributed by atoms with van der Waals surface area (Å²) in [7, 11) is 2.05. The summed E-state index contributed by atoms with van der Waals surface area (Å²) in [5, 5.41) is 7.75. The molecule has 1 aromatic heterocycles. The van der Waals surface area contributed by atoms with Crippen LogP contribution in [0.3, 0.4) is 0 Å². The summed E-state index contributed by atoms with van der Waals surface area (Å²) in [4.78, 5) is 12.6. The van der Waals surface area contributed by atoms with Gasteiger partial charge in [0.05, 0.1) is 6.04 Å². The van der Waals surface area contributed by atoms with Crippen LogP contribution in [0.15, 0.2) is 54.7 Å². The number of amides is 1. The molecule has 1 saturated carbocycles. The first-order valence-electron chi connectivity index (χ1n) is 10.8. The summed E-state index contributed by atoms with van der Waals surface area (Å²) in [6.45, 7) is 1.49. The molecule has 0 spiro atoms. The molecule has 2 atom stereocenters.